The highest BCUT2D eigenvalue weighted by atomic mass is 32.1. The SMILES string of the molecule is Cc1ccc([C@@H]2C(C(=O)c3sc(C)nc3C)=C(O)C(=O)N2CCCN2CCOCC2)cc1. The van der Waals surface area contributed by atoms with Gasteiger partial charge >= 0.3 is 0 Å². The molecule has 2 aliphatic heterocycles. The molecule has 1 N–H and O–H groups in total. The van der Waals surface area contributed by atoms with Crippen LogP contribution in [0.4, 0.5) is 0 Å². The highest BCUT2D eigenvalue weighted by molar-refractivity contribution is 7.14. The van der Waals surface area contributed by atoms with Gasteiger partial charge in [0.05, 0.1) is 40.4 Å². The fraction of sp³-hybridized carbons (Fsp3) is 0.458. The number of hydrogen-bond donors (Lipinski definition) is 1. The molecule has 1 aromatic heterocycles. The second kappa shape index (κ2) is 9.52. The van der Waals surface area contributed by atoms with E-state index in [4.69, 9.17) is 4.74 Å². The zero-order valence-electron chi connectivity index (χ0n) is 18.8. The Morgan fingerprint density at radius 3 is 2.47 bits per heavy atom. The van der Waals surface area contributed by atoms with Gasteiger partial charge in [0.1, 0.15) is 0 Å². The van der Waals surface area contributed by atoms with Crippen molar-refractivity contribution in [1.82, 2.24) is 14.8 Å². The van der Waals surface area contributed by atoms with Crippen molar-refractivity contribution in [2.75, 3.05) is 39.4 Å². The summed E-state index contributed by atoms with van der Waals surface area (Å²) in [4.78, 5) is 35.4. The van der Waals surface area contributed by atoms with Crippen LogP contribution in [-0.2, 0) is 9.53 Å². The molecule has 0 radical (unpaired) electrons. The number of nitrogens with zero attached hydrogens (tertiary/aromatic N) is 3. The summed E-state index contributed by atoms with van der Waals surface area (Å²) in [5.41, 5.74) is 2.68. The van der Waals surface area contributed by atoms with E-state index in [9.17, 15) is 14.7 Å². The summed E-state index contributed by atoms with van der Waals surface area (Å²) in [7, 11) is 0. The molecule has 1 saturated heterocycles. The van der Waals surface area contributed by atoms with Crippen molar-refractivity contribution in [3.05, 3.63) is 62.3 Å². The number of rotatable bonds is 7. The van der Waals surface area contributed by atoms with E-state index in [1.807, 2.05) is 38.1 Å². The Hall–Kier alpha value is -2.55. The molecule has 1 amide bonds. The Morgan fingerprint density at radius 2 is 1.84 bits per heavy atom. The van der Waals surface area contributed by atoms with Crippen molar-refractivity contribution in [3.8, 4) is 0 Å². The van der Waals surface area contributed by atoms with Gasteiger partial charge < -0.3 is 14.7 Å². The van der Waals surface area contributed by atoms with Crippen LogP contribution in [0, 0.1) is 20.8 Å². The van der Waals surface area contributed by atoms with Crippen molar-refractivity contribution >= 4 is 23.0 Å². The van der Waals surface area contributed by atoms with Crippen molar-refractivity contribution in [1.29, 1.82) is 0 Å². The van der Waals surface area contributed by atoms with Crippen LogP contribution in [0.15, 0.2) is 35.6 Å². The van der Waals surface area contributed by atoms with Gasteiger partial charge in [0.2, 0.25) is 5.78 Å². The van der Waals surface area contributed by atoms with Gasteiger partial charge in [-0.25, -0.2) is 4.98 Å². The van der Waals surface area contributed by atoms with E-state index in [-0.39, 0.29) is 11.4 Å². The molecule has 0 unspecified atom stereocenters. The normalized spacial score (nSPS) is 19.8. The molecule has 32 heavy (non-hydrogen) atoms. The average Bonchev–Trinajstić information content (AvgIpc) is 3.25. The lowest BCUT2D eigenvalue weighted by atomic mass is 9.94. The largest absolute Gasteiger partial charge is 0.503 e. The lowest BCUT2D eigenvalue weighted by molar-refractivity contribution is -0.129. The van der Waals surface area contributed by atoms with Crippen LogP contribution in [0.5, 0.6) is 0 Å². The first-order valence-corrected chi connectivity index (χ1v) is 11.8. The third kappa shape index (κ3) is 4.48. The van der Waals surface area contributed by atoms with E-state index in [1.165, 1.54) is 11.3 Å². The zero-order chi connectivity index (χ0) is 22.8. The third-order valence-electron chi connectivity index (χ3n) is 6.03. The Morgan fingerprint density at radius 1 is 1.16 bits per heavy atom. The Bertz CT molecular complexity index is 1040. The molecule has 2 aromatic rings. The van der Waals surface area contributed by atoms with Crippen molar-refractivity contribution in [3.63, 3.8) is 0 Å². The van der Waals surface area contributed by atoms with E-state index in [0.717, 1.165) is 55.4 Å². The summed E-state index contributed by atoms with van der Waals surface area (Å²) in [5, 5.41) is 11.6. The van der Waals surface area contributed by atoms with Gasteiger partial charge in [-0.2, -0.15) is 0 Å². The molecular formula is C24H29N3O4S. The standard InChI is InChI=1S/C24H29N3O4S/c1-15-5-7-18(8-6-15)20-19(21(28)23-16(2)25-17(3)32-23)22(29)24(30)27(20)10-4-9-26-11-13-31-14-12-26/h5-8,20,29H,4,9-14H2,1-3H3/t20-/m1/s1. The van der Waals surface area contributed by atoms with Gasteiger partial charge in [-0.1, -0.05) is 29.8 Å². The van der Waals surface area contributed by atoms with E-state index >= 15 is 0 Å². The fourth-order valence-corrected chi connectivity index (χ4v) is 5.24. The summed E-state index contributed by atoms with van der Waals surface area (Å²) in [6.07, 6.45) is 0.752. The van der Waals surface area contributed by atoms with Gasteiger partial charge in [-0.3, -0.25) is 14.5 Å². The van der Waals surface area contributed by atoms with Crippen LogP contribution >= 0.6 is 11.3 Å². The molecule has 1 atom stereocenters. The Kier molecular flexibility index (Phi) is 6.74. The quantitative estimate of drug-likeness (QED) is 0.645. The van der Waals surface area contributed by atoms with E-state index in [0.29, 0.717) is 17.1 Å². The highest BCUT2D eigenvalue weighted by Gasteiger charge is 2.44. The molecule has 0 spiro atoms. The Labute approximate surface area is 192 Å². The number of amides is 1. The molecule has 8 heteroatoms. The summed E-state index contributed by atoms with van der Waals surface area (Å²) in [6, 6.07) is 7.18. The number of morpholine rings is 1. The minimum Gasteiger partial charge on any atom is -0.503 e. The number of aromatic nitrogens is 1. The molecule has 1 aromatic carbocycles. The van der Waals surface area contributed by atoms with Crippen LogP contribution in [-0.4, -0.2) is 71.0 Å². The monoisotopic (exact) mass is 455 g/mol. The fourth-order valence-electron chi connectivity index (χ4n) is 4.37. The number of aliphatic hydroxyl groups is 1. The molecule has 3 heterocycles. The number of Topliss-reactive ketones (excluding diaryl/α,β-unsaturated/α-hetero) is 1. The maximum Gasteiger partial charge on any atom is 0.290 e. The number of ether oxygens (including phenoxy) is 1. The first-order chi connectivity index (χ1) is 15.4. The Balaban J connectivity index is 1.63. The van der Waals surface area contributed by atoms with Gasteiger partial charge in [-0.05, 0) is 32.8 Å². The average molecular weight is 456 g/mol. The van der Waals surface area contributed by atoms with Crippen molar-refractivity contribution in [2.24, 2.45) is 0 Å². The predicted octanol–water partition coefficient (Wildman–Crippen LogP) is 3.37. The number of hydrogen-bond acceptors (Lipinski definition) is 7. The van der Waals surface area contributed by atoms with Gasteiger partial charge in [0.15, 0.2) is 5.76 Å². The highest BCUT2D eigenvalue weighted by Crippen LogP contribution is 2.40. The summed E-state index contributed by atoms with van der Waals surface area (Å²) in [5.74, 6) is -1.25. The molecule has 170 valence electrons. The van der Waals surface area contributed by atoms with Gasteiger partial charge in [-0.15, -0.1) is 11.3 Å². The first-order valence-electron chi connectivity index (χ1n) is 11.0. The number of carbonyl (C=O) groups is 2. The molecule has 0 saturated carbocycles. The number of aliphatic hydroxyl groups excluding tert-OH is 1. The predicted molar refractivity (Wildman–Crippen MR) is 123 cm³/mol. The van der Waals surface area contributed by atoms with E-state index < -0.39 is 17.7 Å². The van der Waals surface area contributed by atoms with Crippen LogP contribution in [0.3, 0.4) is 0 Å². The zero-order valence-corrected chi connectivity index (χ0v) is 19.6. The minimum absolute atomic E-state index is 0.150. The van der Waals surface area contributed by atoms with Crippen molar-refractivity contribution < 1.29 is 19.4 Å². The second-order valence-electron chi connectivity index (χ2n) is 8.36. The minimum atomic E-state index is -0.609. The smallest absolute Gasteiger partial charge is 0.290 e. The van der Waals surface area contributed by atoms with Crippen LogP contribution in [0.25, 0.3) is 0 Å². The lowest BCUT2D eigenvalue weighted by Gasteiger charge is -2.30. The van der Waals surface area contributed by atoms with Crippen molar-refractivity contribution in [2.45, 2.75) is 33.2 Å². The molecule has 2 aliphatic rings. The molecule has 0 bridgehead atoms. The maximum absolute atomic E-state index is 13.5. The van der Waals surface area contributed by atoms with Crippen LogP contribution in [0.1, 0.15) is 44.0 Å². The lowest BCUT2D eigenvalue weighted by Crippen LogP contribution is -2.39. The summed E-state index contributed by atoms with van der Waals surface area (Å²) < 4.78 is 5.40. The van der Waals surface area contributed by atoms with Crippen LogP contribution in [0.2, 0.25) is 0 Å². The maximum atomic E-state index is 13.5. The second-order valence-corrected chi connectivity index (χ2v) is 9.56. The molecule has 7 nitrogen and oxygen atoms in total. The summed E-state index contributed by atoms with van der Waals surface area (Å²) >= 11 is 1.30. The molecule has 0 aliphatic carbocycles. The molecule has 1 fully saturated rings. The summed E-state index contributed by atoms with van der Waals surface area (Å²) in [6.45, 7) is 10.1. The topological polar surface area (TPSA) is 83.0 Å². The first kappa shape index (κ1) is 22.6. The number of carbonyl (C=O) groups excluding carboxylic acids is 2. The van der Waals surface area contributed by atoms with E-state index in [1.54, 1.807) is 11.8 Å². The number of aryl methyl sites for hydroxylation is 3. The molecular weight excluding hydrogens is 426 g/mol. The molecule has 4 rings (SSSR count). The number of thiazole rings is 1. The number of ketones is 1. The van der Waals surface area contributed by atoms with Gasteiger partial charge in [0, 0.05) is 26.2 Å². The number of benzene rings is 1. The van der Waals surface area contributed by atoms with E-state index in [2.05, 4.69) is 9.88 Å². The van der Waals surface area contributed by atoms with Crippen LogP contribution < -0.4 is 0 Å². The van der Waals surface area contributed by atoms with Gasteiger partial charge in [0.25, 0.3) is 5.91 Å². The third-order valence-corrected chi connectivity index (χ3v) is 7.10.